The van der Waals surface area contributed by atoms with Crippen LogP contribution in [0.5, 0.6) is 0 Å². The molecule has 0 amide bonds. The van der Waals surface area contributed by atoms with Crippen molar-refractivity contribution in [2.24, 2.45) is 0 Å². The van der Waals surface area contributed by atoms with E-state index >= 15 is 0 Å². The molecule has 0 N–H and O–H groups in total. The van der Waals surface area contributed by atoms with Crippen LogP contribution in [0.3, 0.4) is 0 Å². The van der Waals surface area contributed by atoms with Gasteiger partial charge in [0.1, 0.15) is 0 Å². The zero-order valence-electron chi connectivity index (χ0n) is 8.09. The molecular formula is C10H15NW. The van der Waals surface area contributed by atoms with Crippen LogP contribution in [0, 0.1) is 13.6 Å². The second-order valence-electron chi connectivity index (χ2n) is 3.42. The van der Waals surface area contributed by atoms with Gasteiger partial charge in [0.15, 0.2) is 0 Å². The van der Waals surface area contributed by atoms with E-state index in [1.807, 2.05) is 12.1 Å². The predicted molar refractivity (Wildman–Crippen MR) is 48.2 cm³/mol. The van der Waals surface area contributed by atoms with E-state index in [0.717, 1.165) is 0 Å². The average Bonchev–Trinajstić information content (AvgIpc) is 1.88. The Kier molecular flexibility index (Phi) is 6.56. The summed E-state index contributed by atoms with van der Waals surface area (Å²) in [5, 5.41) is 0. The number of pyridine rings is 1. The molecule has 0 aliphatic rings. The van der Waals surface area contributed by atoms with Crippen molar-refractivity contribution in [2.75, 3.05) is 0 Å². The van der Waals surface area contributed by atoms with Crippen LogP contribution in [0.2, 0.25) is 0 Å². The molecule has 0 aromatic carbocycles. The first kappa shape index (κ1) is 14.4. The molecule has 0 aliphatic heterocycles. The van der Waals surface area contributed by atoms with Gasteiger partial charge in [-0.05, 0) is 0 Å². The van der Waals surface area contributed by atoms with Crippen molar-refractivity contribution < 1.29 is 21.1 Å². The molecule has 1 rings (SSSR count). The Morgan fingerprint density at radius 1 is 1.33 bits per heavy atom. The van der Waals surface area contributed by atoms with Gasteiger partial charge < -0.3 is 12.4 Å². The maximum absolute atomic E-state index is 3.83. The van der Waals surface area contributed by atoms with Gasteiger partial charge in [-0.3, -0.25) is 0 Å². The molecule has 0 atom stereocenters. The van der Waals surface area contributed by atoms with Crippen LogP contribution in [-0.4, -0.2) is 4.98 Å². The van der Waals surface area contributed by atoms with Crippen molar-refractivity contribution in [2.45, 2.75) is 26.2 Å². The molecule has 12 heavy (non-hydrogen) atoms. The smallest absolute Gasteiger partial charge is 0.394 e. The summed E-state index contributed by atoms with van der Waals surface area (Å²) in [5.41, 5.74) is 1.50. The van der Waals surface area contributed by atoms with E-state index in [-0.39, 0.29) is 33.9 Å². The molecule has 1 aromatic rings. The predicted octanol–water partition coefficient (Wildman–Crippen LogP) is 2.63. The summed E-state index contributed by atoms with van der Waals surface area (Å²) >= 11 is 0. The molecule has 1 nitrogen and oxygen atoms in total. The zero-order valence-corrected chi connectivity index (χ0v) is 11.0. The minimum absolute atomic E-state index is 0. The minimum Gasteiger partial charge on any atom is -0.394 e. The van der Waals surface area contributed by atoms with Gasteiger partial charge >= 0.3 is 21.1 Å². The third kappa shape index (κ3) is 4.01. The maximum atomic E-state index is 3.83. The van der Waals surface area contributed by atoms with E-state index in [2.05, 4.69) is 32.0 Å². The summed E-state index contributed by atoms with van der Waals surface area (Å²) in [6.45, 7) is 6.53. The Bertz CT molecular complexity index is 201. The molecule has 0 fully saturated rings. The average molecular weight is 333 g/mol. The van der Waals surface area contributed by atoms with Gasteiger partial charge in [0.25, 0.3) is 0 Å². The Morgan fingerprint density at radius 3 is 2.17 bits per heavy atom. The van der Waals surface area contributed by atoms with E-state index < -0.39 is 0 Å². The van der Waals surface area contributed by atoms with Gasteiger partial charge in [0.2, 0.25) is 0 Å². The van der Waals surface area contributed by atoms with E-state index in [9.17, 15) is 0 Å². The molecule has 1 heterocycles. The van der Waals surface area contributed by atoms with E-state index in [1.165, 1.54) is 5.56 Å². The monoisotopic (exact) mass is 333 g/mol. The van der Waals surface area contributed by atoms with E-state index in [0.29, 0.717) is 0 Å². The minimum atomic E-state index is 0. The Labute approximate surface area is 89.9 Å². The normalized spacial score (nSPS) is 9.58. The Hall–Kier alpha value is -0.162. The molecule has 0 radical (unpaired) electrons. The van der Waals surface area contributed by atoms with Crippen molar-refractivity contribution in [3.05, 3.63) is 37.5 Å². The summed E-state index contributed by atoms with van der Waals surface area (Å²) in [6.07, 6.45) is 4.60. The largest absolute Gasteiger partial charge is 2.00 e. The molecule has 0 saturated heterocycles. The second-order valence-corrected chi connectivity index (χ2v) is 3.42. The quantitative estimate of drug-likeness (QED) is 0.665. The van der Waals surface area contributed by atoms with Gasteiger partial charge in [-0.25, -0.2) is 0 Å². The van der Waals surface area contributed by atoms with Crippen LogP contribution in [-0.2, 0) is 26.5 Å². The summed E-state index contributed by atoms with van der Waals surface area (Å²) in [6, 6.07) is 3.95. The SMILES string of the molecule is CC(C)(C)c1c[c-]ncc1.[CH3-].[W+2]. The van der Waals surface area contributed by atoms with Crippen molar-refractivity contribution in [3.63, 3.8) is 0 Å². The number of aromatic nitrogens is 1. The maximum Gasteiger partial charge on any atom is 2.00 e. The molecule has 1 aromatic heterocycles. The molecule has 0 aliphatic carbocycles. The first-order valence-electron chi connectivity index (χ1n) is 3.43. The fraction of sp³-hybridized carbons (Fsp3) is 0.400. The summed E-state index contributed by atoms with van der Waals surface area (Å²) in [7, 11) is 0. The molecule has 0 bridgehead atoms. The van der Waals surface area contributed by atoms with Crippen LogP contribution >= 0.6 is 0 Å². The zero-order chi connectivity index (χ0) is 7.61. The molecule has 2 heteroatoms. The van der Waals surface area contributed by atoms with Crippen LogP contribution in [0.25, 0.3) is 0 Å². The van der Waals surface area contributed by atoms with E-state index in [4.69, 9.17) is 0 Å². The van der Waals surface area contributed by atoms with Crippen molar-refractivity contribution in [3.8, 4) is 0 Å². The van der Waals surface area contributed by atoms with Crippen molar-refractivity contribution >= 4 is 0 Å². The summed E-state index contributed by atoms with van der Waals surface area (Å²) in [5.74, 6) is 0. The van der Waals surface area contributed by atoms with E-state index in [1.54, 1.807) is 6.20 Å². The van der Waals surface area contributed by atoms with Gasteiger partial charge in [0, 0.05) is 0 Å². The first-order chi connectivity index (χ1) is 4.61. The summed E-state index contributed by atoms with van der Waals surface area (Å²) < 4.78 is 0. The third-order valence-corrected chi connectivity index (χ3v) is 1.49. The molecular weight excluding hydrogens is 318 g/mol. The topological polar surface area (TPSA) is 12.9 Å². The van der Waals surface area contributed by atoms with Crippen LogP contribution in [0.1, 0.15) is 26.3 Å². The van der Waals surface area contributed by atoms with Gasteiger partial charge in [-0.15, -0.1) is 5.56 Å². The van der Waals surface area contributed by atoms with Crippen LogP contribution in [0.15, 0.2) is 18.3 Å². The van der Waals surface area contributed by atoms with Crippen molar-refractivity contribution in [1.29, 1.82) is 0 Å². The Balaban J connectivity index is 0. The van der Waals surface area contributed by atoms with Crippen LogP contribution in [0.4, 0.5) is 0 Å². The molecule has 0 saturated carbocycles. The second kappa shape index (κ2) is 5.48. The van der Waals surface area contributed by atoms with Gasteiger partial charge in [-0.1, -0.05) is 38.6 Å². The summed E-state index contributed by atoms with van der Waals surface area (Å²) in [4.78, 5) is 3.83. The number of hydrogen-bond acceptors (Lipinski definition) is 1. The first-order valence-corrected chi connectivity index (χ1v) is 3.43. The number of hydrogen-bond donors (Lipinski definition) is 0. The molecule has 0 spiro atoms. The van der Waals surface area contributed by atoms with Gasteiger partial charge in [0.05, 0.1) is 0 Å². The van der Waals surface area contributed by atoms with Crippen LogP contribution < -0.4 is 0 Å². The fourth-order valence-corrected chi connectivity index (χ4v) is 0.782. The Morgan fingerprint density at radius 2 is 1.92 bits per heavy atom. The number of rotatable bonds is 0. The molecule has 0 unspecified atom stereocenters. The number of nitrogens with zero attached hydrogens (tertiary/aromatic N) is 1. The van der Waals surface area contributed by atoms with Gasteiger partial charge in [-0.2, -0.15) is 12.1 Å². The standard InChI is InChI=1S/C9H12N.CH3.W/c1-9(2,3)8-4-6-10-7-5-8;;/h4-6H,1-3H3;1H3;/q2*-1;+2. The molecule has 66 valence electrons. The fourth-order valence-electron chi connectivity index (χ4n) is 0.782. The van der Waals surface area contributed by atoms with Crippen molar-refractivity contribution in [1.82, 2.24) is 4.98 Å². The third-order valence-electron chi connectivity index (χ3n) is 1.49.